The van der Waals surface area contributed by atoms with Gasteiger partial charge in [0, 0.05) is 23.1 Å². The first-order chi connectivity index (χ1) is 10.8. The topological polar surface area (TPSA) is 66.9 Å². The number of carbonyl (C=O) groups excluding carboxylic acids is 1. The SMILES string of the molecule is O=C(NCCC1CCCNC1)c1ccc(-c2csnn2)cc1. The zero-order valence-electron chi connectivity index (χ0n) is 12.4. The lowest BCUT2D eigenvalue weighted by Crippen LogP contribution is -2.33. The van der Waals surface area contributed by atoms with Gasteiger partial charge in [0.05, 0.1) is 0 Å². The number of rotatable bonds is 5. The van der Waals surface area contributed by atoms with Gasteiger partial charge in [0.1, 0.15) is 5.69 Å². The number of piperidine rings is 1. The molecule has 2 N–H and O–H groups in total. The highest BCUT2D eigenvalue weighted by atomic mass is 32.1. The van der Waals surface area contributed by atoms with Crippen molar-refractivity contribution in [1.29, 1.82) is 0 Å². The fraction of sp³-hybridized carbons (Fsp3) is 0.438. The second kappa shape index (κ2) is 7.47. The Morgan fingerprint density at radius 2 is 2.23 bits per heavy atom. The van der Waals surface area contributed by atoms with Gasteiger partial charge in [-0.05, 0) is 61.9 Å². The summed E-state index contributed by atoms with van der Waals surface area (Å²) in [6.45, 7) is 2.94. The van der Waals surface area contributed by atoms with Gasteiger partial charge in [-0.3, -0.25) is 4.79 Å². The number of benzene rings is 1. The van der Waals surface area contributed by atoms with Crippen molar-refractivity contribution >= 4 is 17.4 Å². The molecule has 5 nitrogen and oxygen atoms in total. The van der Waals surface area contributed by atoms with Gasteiger partial charge in [-0.25, -0.2) is 0 Å². The minimum atomic E-state index is -0.00767. The van der Waals surface area contributed by atoms with Gasteiger partial charge in [-0.2, -0.15) is 0 Å². The summed E-state index contributed by atoms with van der Waals surface area (Å²) in [4.78, 5) is 12.1. The molecule has 6 heteroatoms. The number of amides is 1. The number of carbonyl (C=O) groups is 1. The predicted molar refractivity (Wildman–Crippen MR) is 87.9 cm³/mol. The number of hydrogen-bond acceptors (Lipinski definition) is 5. The predicted octanol–water partition coefficient (Wildman–Crippen LogP) is 2.32. The summed E-state index contributed by atoms with van der Waals surface area (Å²) < 4.78 is 3.85. The Morgan fingerprint density at radius 3 is 2.91 bits per heavy atom. The molecular formula is C16H20N4OS. The molecule has 1 aromatic heterocycles. The van der Waals surface area contributed by atoms with E-state index in [0.717, 1.165) is 37.3 Å². The molecule has 0 bridgehead atoms. The molecule has 0 saturated carbocycles. The van der Waals surface area contributed by atoms with Crippen molar-refractivity contribution in [3.8, 4) is 11.3 Å². The maximum absolute atomic E-state index is 12.1. The zero-order valence-corrected chi connectivity index (χ0v) is 13.2. The van der Waals surface area contributed by atoms with Gasteiger partial charge < -0.3 is 10.6 Å². The summed E-state index contributed by atoms with van der Waals surface area (Å²) in [7, 11) is 0. The van der Waals surface area contributed by atoms with Crippen LogP contribution in [0.2, 0.25) is 0 Å². The van der Waals surface area contributed by atoms with Crippen LogP contribution in [0.3, 0.4) is 0 Å². The van der Waals surface area contributed by atoms with Crippen molar-refractivity contribution in [1.82, 2.24) is 20.2 Å². The average molecular weight is 316 g/mol. The second-order valence-electron chi connectivity index (χ2n) is 5.62. The van der Waals surface area contributed by atoms with Crippen molar-refractivity contribution in [3.05, 3.63) is 35.2 Å². The molecule has 3 rings (SSSR count). The monoisotopic (exact) mass is 316 g/mol. The molecule has 0 aliphatic carbocycles. The van der Waals surface area contributed by atoms with Crippen LogP contribution in [0.5, 0.6) is 0 Å². The average Bonchev–Trinajstić information content (AvgIpc) is 3.10. The van der Waals surface area contributed by atoms with E-state index in [1.807, 2.05) is 29.6 Å². The molecular weight excluding hydrogens is 296 g/mol. The molecule has 22 heavy (non-hydrogen) atoms. The van der Waals surface area contributed by atoms with Crippen LogP contribution in [0.25, 0.3) is 11.3 Å². The quantitative estimate of drug-likeness (QED) is 0.888. The Balaban J connectivity index is 1.49. The normalized spacial score (nSPS) is 18.1. The standard InChI is InChI=1S/C16H20N4OS/c21-16(18-9-7-12-2-1-8-17-10-12)14-5-3-13(4-6-14)15-11-22-20-19-15/h3-6,11-12,17H,1-2,7-10H2,(H,18,21). The highest BCUT2D eigenvalue weighted by Crippen LogP contribution is 2.18. The first kappa shape index (κ1) is 15.1. The van der Waals surface area contributed by atoms with Crippen LogP contribution in [0.1, 0.15) is 29.6 Å². The third-order valence-electron chi connectivity index (χ3n) is 4.04. The largest absolute Gasteiger partial charge is 0.352 e. The Kier molecular flexibility index (Phi) is 5.13. The molecule has 2 aromatic rings. The van der Waals surface area contributed by atoms with Crippen molar-refractivity contribution in [2.24, 2.45) is 5.92 Å². The van der Waals surface area contributed by atoms with E-state index in [0.29, 0.717) is 11.5 Å². The number of hydrogen-bond donors (Lipinski definition) is 2. The molecule has 1 aliphatic heterocycles. The van der Waals surface area contributed by atoms with Gasteiger partial charge in [0.25, 0.3) is 5.91 Å². The fourth-order valence-electron chi connectivity index (χ4n) is 2.75. The summed E-state index contributed by atoms with van der Waals surface area (Å²) in [6.07, 6.45) is 3.55. The van der Waals surface area contributed by atoms with Gasteiger partial charge in [0.2, 0.25) is 0 Å². The summed E-state index contributed by atoms with van der Waals surface area (Å²) >= 11 is 1.32. The minimum absolute atomic E-state index is 0.00767. The van der Waals surface area contributed by atoms with E-state index >= 15 is 0 Å². The van der Waals surface area contributed by atoms with Crippen LogP contribution < -0.4 is 10.6 Å². The third kappa shape index (κ3) is 3.90. The van der Waals surface area contributed by atoms with E-state index in [4.69, 9.17) is 0 Å². The van der Waals surface area contributed by atoms with Crippen LogP contribution in [-0.4, -0.2) is 35.1 Å². The summed E-state index contributed by atoms with van der Waals surface area (Å²) in [6, 6.07) is 7.51. The molecule has 0 radical (unpaired) electrons. The molecule has 1 aromatic carbocycles. The molecule has 1 saturated heterocycles. The van der Waals surface area contributed by atoms with Crippen LogP contribution in [0.15, 0.2) is 29.6 Å². The van der Waals surface area contributed by atoms with Crippen LogP contribution >= 0.6 is 11.5 Å². The lowest BCUT2D eigenvalue weighted by molar-refractivity contribution is 0.0950. The number of nitrogens with one attached hydrogen (secondary N) is 2. The van der Waals surface area contributed by atoms with E-state index in [1.165, 1.54) is 24.4 Å². The minimum Gasteiger partial charge on any atom is -0.352 e. The van der Waals surface area contributed by atoms with Gasteiger partial charge in [0.15, 0.2) is 0 Å². The van der Waals surface area contributed by atoms with Crippen molar-refractivity contribution in [2.75, 3.05) is 19.6 Å². The van der Waals surface area contributed by atoms with E-state index in [1.54, 1.807) is 0 Å². The van der Waals surface area contributed by atoms with E-state index in [2.05, 4.69) is 20.2 Å². The maximum atomic E-state index is 12.1. The summed E-state index contributed by atoms with van der Waals surface area (Å²) in [5.74, 6) is 0.681. The Bertz CT molecular complexity index is 591. The van der Waals surface area contributed by atoms with Crippen LogP contribution in [0.4, 0.5) is 0 Å². The van der Waals surface area contributed by atoms with E-state index in [9.17, 15) is 4.79 Å². The van der Waals surface area contributed by atoms with Gasteiger partial charge >= 0.3 is 0 Å². The first-order valence-electron chi connectivity index (χ1n) is 7.69. The fourth-order valence-corrected chi connectivity index (χ4v) is 3.21. The Labute approximate surface area is 134 Å². The van der Waals surface area contributed by atoms with Gasteiger partial charge in [-0.15, -0.1) is 5.10 Å². The number of aromatic nitrogens is 2. The third-order valence-corrected chi connectivity index (χ3v) is 4.54. The van der Waals surface area contributed by atoms with Crippen molar-refractivity contribution < 1.29 is 4.79 Å². The highest BCUT2D eigenvalue weighted by molar-refractivity contribution is 7.03. The Hall–Kier alpha value is -1.79. The van der Waals surface area contributed by atoms with Crippen LogP contribution in [-0.2, 0) is 0 Å². The number of nitrogens with zero attached hydrogens (tertiary/aromatic N) is 2. The zero-order chi connectivity index (χ0) is 15.2. The maximum Gasteiger partial charge on any atom is 0.251 e. The Morgan fingerprint density at radius 1 is 1.36 bits per heavy atom. The molecule has 0 spiro atoms. The van der Waals surface area contributed by atoms with Gasteiger partial charge in [-0.1, -0.05) is 16.6 Å². The highest BCUT2D eigenvalue weighted by Gasteiger charge is 2.13. The summed E-state index contributed by atoms with van der Waals surface area (Å²) in [5.41, 5.74) is 2.52. The first-order valence-corrected chi connectivity index (χ1v) is 8.53. The molecule has 116 valence electrons. The molecule has 2 heterocycles. The van der Waals surface area contributed by atoms with Crippen LogP contribution in [0, 0.1) is 5.92 Å². The lowest BCUT2D eigenvalue weighted by atomic mass is 9.96. The molecule has 1 unspecified atom stereocenters. The second-order valence-corrected chi connectivity index (χ2v) is 6.23. The smallest absolute Gasteiger partial charge is 0.251 e. The van der Waals surface area contributed by atoms with E-state index in [-0.39, 0.29) is 5.91 Å². The van der Waals surface area contributed by atoms with Crippen molar-refractivity contribution in [2.45, 2.75) is 19.3 Å². The van der Waals surface area contributed by atoms with E-state index < -0.39 is 0 Å². The lowest BCUT2D eigenvalue weighted by Gasteiger charge is -2.22. The van der Waals surface area contributed by atoms with Crippen molar-refractivity contribution in [3.63, 3.8) is 0 Å². The molecule has 1 aliphatic rings. The summed E-state index contributed by atoms with van der Waals surface area (Å²) in [5, 5.41) is 12.3. The molecule has 1 fully saturated rings. The molecule has 1 amide bonds. The molecule has 1 atom stereocenters.